The highest BCUT2D eigenvalue weighted by atomic mass is 35.5. The number of carbonyl (C=O) groups excluding carboxylic acids is 1. The first-order valence-corrected chi connectivity index (χ1v) is 6.07. The Kier molecular flexibility index (Phi) is 5.10. The Bertz CT molecular complexity index is 301. The number of likely N-dealkylation sites (N-methyl/N-ethyl adjacent to an activating group) is 1. The molecule has 0 aromatic heterocycles. The first-order valence-electron chi connectivity index (χ1n) is 5.53. The molecule has 1 fully saturated rings. The molecule has 0 N–H and O–H groups in total. The van der Waals surface area contributed by atoms with Crippen LogP contribution >= 0.6 is 11.6 Å². The van der Waals surface area contributed by atoms with Crippen LogP contribution in [0.15, 0.2) is 0 Å². The lowest BCUT2D eigenvalue weighted by Crippen LogP contribution is -2.62. The number of piperazine rings is 1. The molecule has 1 aliphatic rings. The molecule has 18 heavy (non-hydrogen) atoms. The Morgan fingerprint density at radius 2 is 2.06 bits per heavy atom. The monoisotopic (exact) mass is 288 g/mol. The van der Waals surface area contributed by atoms with Crippen molar-refractivity contribution in [2.45, 2.75) is 25.2 Å². The molecular formula is C10H16ClF3N2O2. The number of hydrogen-bond acceptors (Lipinski definition) is 3. The van der Waals surface area contributed by atoms with Crippen molar-refractivity contribution in [1.82, 2.24) is 9.80 Å². The largest absolute Gasteiger partial charge is 0.448 e. The van der Waals surface area contributed by atoms with Crippen LogP contribution < -0.4 is 0 Å². The number of hydrogen-bond donors (Lipinski definition) is 0. The van der Waals surface area contributed by atoms with Crippen LogP contribution in [0.25, 0.3) is 0 Å². The molecule has 1 heterocycles. The van der Waals surface area contributed by atoms with Crippen LogP contribution in [-0.2, 0) is 4.74 Å². The van der Waals surface area contributed by atoms with Gasteiger partial charge in [-0.25, -0.2) is 4.79 Å². The van der Waals surface area contributed by atoms with E-state index in [2.05, 4.69) is 0 Å². The quantitative estimate of drug-likeness (QED) is 0.728. The maximum atomic E-state index is 12.8. The van der Waals surface area contributed by atoms with E-state index in [0.29, 0.717) is 0 Å². The van der Waals surface area contributed by atoms with E-state index < -0.39 is 24.9 Å². The number of carbonyl (C=O) groups is 1. The maximum Gasteiger partial charge on any atom is 0.409 e. The first-order chi connectivity index (χ1) is 8.27. The lowest BCUT2D eigenvalue weighted by atomic mass is 10.1. The van der Waals surface area contributed by atoms with Gasteiger partial charge in [0.2, 0.25) is 0 Å². The average molecular weight is 289 g/mol. The number of rotatable bonds is 2. The smallest absolute Gasteiger partial charge is 0.409 e. The summed E-state index contributed by atoms with van der Waals surface area (Å²) in [5.74, 6) is 0.123. The fourth-order valence-corrected chi connectivity index (χ4v) is 1.94. The van der Waals surface area contributed by atoms with Crippen molar-refractivity contribution in [2.24, 2.45) is 0 Å². The van der Waals surface area contributed by atoms with Gasteiger partial charge >= 0.3 is 12.3 Å². The van der Waals surface area contributed by atoms with Gasteiger partial charge in [0.15, 0.2) is 0 Å². The van der Waals surface area contributed by atoms with Crippen LogP contribution in [0.1, 0.15) is 6.92 Å². The number of ether oxygens (including phenoxy) is 1. The Hall–Kier alpha value is -0.690. The van der Waals surface area contributed by atoms with Gasteiger partial charge in [0, 0.05) is 19.1 Å². The SMILES string of the molecule is CC1CN(C(=O)OCCCl)CC(C(F)(F)F)N1C. The van der Waals surface area contributed by atoms with Gasteiger partial charge in [-0.15, -0.1) is 11.6 Å². The van der Waals surface area contributed by atoms with Crippen LogP contribution in [-0.4, -0.2) is 66.8 Å². The molecule has 2 atom stereocenters. The molecule has 1 saturated heterocycles. The van der Waals surface area contributed by atoms with E-state index >= 15 is 0 Å². The maximum absolute atomic E-state index is 12.8. The molecule has 1 amide bonds. The minimum Gasteiger partial charge on any atom is -0.448 e. The van der Waals surface area contributed by atoms with E-state index in [1.54, 1.807) is 6.92 Å². The Morgan fingerprint density at radius 1 is 1.44 bits per heavy atom. The summed E-state index contributed by atoms with van der Waals surface area (Å²) in [6, 6.07) is -2.04. The Morgan fingerprint density at radius 3 is 2.56 bits per heavy atom. The van der Waals surface area contributed by atoms with Crippen molar-refractivity contribution in [3.8, 4) is 0 Å². The molecule has 0 bridgehead atoms. The molecule has 1 aliphatic heterocycles. The minimum atomic E-state index is -4.37. The van der Waals surface area contributed by atoms with Gasteiger partial charge in [0.1, 0.15) is 12.6 Å². The third-order valence-electron chi connectivity index (χ3n) is 3.00. The molecule has 0 saturated carbocycles. The predicted octanol–water partition coefficient (Wildman–Crippen LogP) is 1.93. The number of amides is 1. The fraction of sp³-hybridized carbons (Fsp3) is 0.900. The van der Waals surface area contributed by atoms with E-state index in [9.17, 15) is 18.0 Å². The summed E-state index contributed by atoms with van der Waals surface area (Å²) in [6.07, 6.45) is -5.11. The molecule has 0 spiro atoms. The first kappa shape index (κ1) is 15.4. The van der Waals surface area contributed by atoms with E-state index in [4.69, 9.17) is 16.3 Å². The zero-order valence-electron chi connectivity index (χ0n) is 10.2. The number of halogens is 4. The van der Waals surface area contributed by atoms with Crippen molar-refractivity contribution in [3.63, 3.8) is 0 Å². The van der Waals surface area contributed by atoms with E-state index in [1.807, 2.05) is 0 Å². The number of nitrogens with zero attached hydrogens (tertiary/aromatic N) is 2. The summed E-state index contributed by atoms with van der Waals surface area (Å²) in [4.78, 5) is 13.8. The average Bonchev–Trinajstić information content (AvgIpc) is 2.27. The van der Waals surface area contributed by atoms with Crippen molar-refractivity contribution in [1.29, 1.82) is 0 Å². The van der Waals surface area contributed by atoms with Crippen molar-refractivity contribution < 1.29 is 22.7 Å². The van der Waals surface area contributed by atoms with E-state index in [-0.39, 0.29) is 25.1 Å². The highest BCUT2D eigenvalue weighted by molar-refractivity contribution is 6.18. The summed E-state index contributed by atoms with van der Waals surface area (Å²) in [7, 11) is 1.41. The van der Waals surface area contributed by atoms with Crippen LogP contribution in [0.4, 0.5) is 18.0 Å². The second-order valence-corrected chi connectivity index (χ2v) is 4.66. The van der Waals surface area contributed by atoms with Crippen LogP contribution in [0.3, 0.4) is 0 Å². The van der Waals surface area contributed by atoms with Gasteiger partial charge in [0.25, 0.3) is 0 Å². The third-order valence-corrected chi connectivity index (χ3v) is 3.16. The van der Waals surface area contributed by atoms with Crippen molar-refractivity contribution >= 4 is 17.7 Å². The highest BCUT2D eigenvalue weighted by Crippen LogP contribution is 2.29. The molecule has 106 valence electrons. The van der Waals surface area contributed by atoms with Crippen molar-refractivity contribution in [2.75, 3.05) is 32.6 Å². The summed E-state index contributed by atoms with van der Waals surface area (Å²) < 4.78 is 43.2. The Balaban J connectivity index is 2.70. The normalized spacial score (nSPS) is 26.2. The molecule has 2 unspecified atom stereocenters. The standard InChI is InChI=1S/C10H16ClF3N2O2/c1-7-5-16(9(17)18-4-3-11)6-8(15(7)2)10(12,13)14/h7-8H,3-6H2,1-2H3. The van der Waals surface area contributed by atoms with E-state index in [0.717, 1.165) is 4.90 Å². The molecule has 1 rings (SSSR count). The summed E-state index contributed by atoms with van der Waals surface area (Å²) >= 11 is 5.35. The molecule has 0 aromatic carbocycles. The van der Waals surface area contributed by atoms with Gasteiger partial charge in [0.05, 0.1) is 5.88 Å². The molecule has 4 nitrogen and oxygen atoms in total. The second kappa shape index (κ2) is 5.97. The van der Waals surface area contributed by atoms with Crippen LogP contribution in [0.5, 0.6) is 0 Å². The van der Waals surface area contributed by atoms with Gasteiger partial charge < -0.3 is 9.64 Å². The predicted molar refractivity (Wildman–Crippen MR) is 60.7 cm³/mol. The van der Waals surface area contributed by atoms with Crippen LogP contribution in [0, 0.1) is 0 Å². The number of alkyl halides is 4. The molecule has 0 radical (unpaired) electrons. The van der Waals surface area contributed by atoms with Crippen molar-refractivity contribution in [3.05, 3.63) is 0 Å². The molecule has 0 aliphatic carbocycles. The summed E-state index contributed by atoms with van der Waals surface area (Å²) in [5, 5.41) is 0. The van der Waals surface area contributed by atoms with Gasteiger partial charge in [-0.1, -0.05) is 0 Å². The van der Waals surface area contributed by atoms with Gasteiger partial charge in [-0.05, 0) is 14.0 Å². The zero-order chi connectivity index (χ0) is 13.9. The van der Waals surface area contributed by atoms with Gasteiger partial charge in [-0.3, -0.25) is 4.90 Å². The Labute approximate surface area is 109 Å². The summed E-state index contributed by atoms with van der Waals surface area (Å²) in [5.41, 5.74) is 0. The van der Waals surface area contributed by atoms with E-state index in [1.165, 1.54) is 11.9 Å². The molecule has 0 aromatic rings. The van der Waals surface area contributed by atoms with Gasteiger partial charge in [-0.2, -0.15) is 13.2 Å². The van der Waals surface area contributed by atoms with Crippen LogP contribution in [0.2, 0.25) is 0 Å². The second-order valence-electron chi connectivity index (χ2n) is 4.28. The fourth-order valence-electron chi connectivity index (χ4n) is 1.87. The molecule has 8 heteroatoms. The lowest BCUT2D eigenvalue weighted by molar-refractivity contribution is -0.197. The highest BCUT2D eigenvalue weighted by Gasteiger charge is 2.48. The zero-order valence-corrected chi connectivity index (χ0v) is 11.0. The molecular weight excluding hydrogens is 273 g/mol. The third kappa shape index (κ3) is 3.65. The lowest BCUT2D eigenvalue weighted by Gasteiger charge is -2.43. The topological polar surface area (TPSA) is 32.8 Å². The summed E-state index contributed by atoms with van der Waals surface area (Å²) in [6.45, 7) is 1.44. The minimum absolute atomic E-state index is 0.00219.